The molecule has 2 N–H and O–H groups in total. The Balaban J connectivity index is 0.00000529. The van der Waals surface area contributed by atoms with Crippen molar-refractivity contribution in [2.45, 2.75) is 23.6 Å². The van der Waals surface area contributed by atoms with E-state index in [1.54, 1.807) is 6.07 Å². The Morgan fingerprint density at radius 1 is 1.21 bits per heavy atom. The van der Waals surface area contributed by atoms with Crippen molar-refractivity contribution in [3.63, 3.8) is 0 Å². The first-order chi connectivity index (χ1) is 10.4. The van der Waals surface area contributed by atoms with Crippen LogP contribution in [0, 0.1) is 0 Å². The molecule has 0 saturated carbocycles. The van der Waals surface area contributed by atoms with Gasteiger partial charge in [0.25, 0.3) is 15.2 Å². The molecule has 8 nitrogen and oxygen atoms in total. The fourth-order valence-electron chi connectivity index (χ4n) is 1.51. The number of carbonyl (C=O) groups is 2. The van der Waals surface area contributed by atoms with Gasteiger partial charge in [-0.3, -0.25) is 14.1 Å². The van der Waals surface area contributed by atoms with Crippen LogP contribution < -0.4 is 5.32 Å². The first-order valence-corrected chi connectivity index (χ1v) is 9.86. The topological polar surface area (TPSA) is 135 Å². The van der Waals surface area contributed by atoms with E-state index in [-0.39, 0.29) is 40.0 Å². The second kappa shape index (κ2) is 9.32. The summed E-state index contributed by atoms with van der Waals surface area (Å²) >= 11 is 4.00. The number of rotatable bonds is 6. The average Bonchev–Trinajstić information content (AvgIpc) is 2.44. The van der Waals surface area contributed by atoms with E-state index in [4.69, 9.17) is 4.55 Å². The van der Waals surface area contributed by atoms with Gasteiger partial charge in [-0.25, -0.2) is 8.42 Å². The summed E-state index contributed by atoms with van der Waals surface area (Å²) in [4.78, 5) is 23.7. The zero-order chi connectivity index (χ0) is 17.8. The van der Waals surface area contributed by atoms with Gasteiger partial charge in [0.15, 0.2) is 5.37 Å². The molecule has 0 bridgehead atoms. The van der Waals surface area contributed by atoms with Crippen LogP contribution in [0.5, 0.6) is 0 Å². The van der Waals surface area contributed by atoms with Crippen LogP contribution in [0.1, 0.15) is 23.7 Å². The van der Waals surface area contributed by atoms with Crippen molar-refractivity contribution in [2.24, 2.45) is 0 Å². The minimum atomic E-state index is -4.48. The fourth-order valence-corrected chi connectivity index (χ4v) is 3.28. The molecule has 130 valence electrons. The predicted molar refractivity (Wildman–Crippen MR) is 92.7 cm³/mol. The molecular formula is C12H16NNaO7S3. The van der Waals surface area contributed by atoms with Crippen molar-refractivity contribution >= 4 is 73.2 Å². The van der Waals surface area contributed by atoms with Crippen molar-refractivity contribution in [3.8, 4) is 0 Å². The van der Waals surface area contributed by atoms with Gasteiger partial charge in [-0.1, -0.05) is 12.1 Å². The van der Waals surface area contributed by atoms with Crippen LogP contribution in [0.4, 0.5) is 0 Å². The number of carbonyl (C=O) groups excluding carboxylic acids is 2. The quantitative estimate of drug-likeness (QED) is 0.334. The first kappa shape index (κ1) is 23.6. The van der Waals surface area contributed by atoms with Gasteiger partial charge < -0.3 is 5.32 Å². The average molecular weight is 405 g/mol. The van der Waals surface area contributed by atoms with Crippen molar-refractivity contribution in [1.82, 2.24) is 5.32 Å². The van der Waals surface area contributed by atoms with Gasteiger partial charge in [-0.05, 0) is 19.1 Å². The Bertz CT molecular complexity index is 821. The molecule has 1 unspecified atom stereocenters. The third-order valence-electron chi connectivity index (χ3n) is 2.82. The number of benzene rings is 1. The maximum absolute atomic E-state index is 12.0. The van der Waals surface area contributed by atoms with Crippen LogP contribution >= 0.6 is 12.6 Å². The van der Waals surface area contributed by atoms with E-state index in [0.29, 0.717) is 0 Å². The Kier molecular flexibility index (Phi) is 9.15. The zero-order valence-electron chi connectivity index (χ0n) is 12.0. The normalized spacial score (nSPS) is 12.8. The summed E-state index contributed by atoms with van der Waals surface area (Å²) in [5.74, 6) is -1.72. The van der Waals surface area contributed by atoms with Crippen LogP contribution in [0.2, 0.25) is 0 Å². The maximum atomic E-state index is 12.0. The second-order valence-corrected chi connectivity index (χ2v) is 8.83. The zero-order valence-corrected chi connectivity index (χ0v) is 14.5. The number of nitrogens with one attached hydrogen (secondary N) is 1. The van der Waals surface area contributed by atoms with E-state index in [2.05, 4.69) is 12.6 Å². The van der Waals surface area contributed by atoms with Gasteiger partial charge >= 0.3 is 29.6 Å². The van der Waals surface area contributed by atoms with Gasteiger partial charge in [0.2, 0.25) is 15.7 Å². The Morgan fingerprint density at radius 2 is 1.75 bits per heavy atom. The number of thiol groups is 1. The third-order valence-corrected chi connectivity index (χ3v) is 5.74. The van der Waals surface area contributed by atoms with Gasteiger partial charge in [0, 0.05) is 16.9 Å². The van der Waals surface area contributed by atoms with Crippen LogP contribution in [-0.4, -0.2) is 73.1 Å². The van der Waals surface area contributed by atoms with Crippen molar-refractivity contribution < 1.29 is 31.0 Å². The van der Waals surface area contributed by atoms with E-state index in [0.717, 1.165) is 6.92 Å². The van der Waals surface area contributed by atoms with Crippen LogP contribution in [-0.2, 0) is 24.7 Å². The predicted octanol–water partition coefficient (Wildman–Crippen LogP) is -0.378. The molecule has 12 heteroatoms. The summed E-state index contributed by atoms with van der Waals surface area (Å²) in [6.07, 6.45) is -0.622. The Hall–Kier alpha value is -0.430. The molecule has 0 aliphatic carbocycles. The number of sulfone groups is 1. The van der Waals surface area contributed by atoms with E-state index in [9.17, 15) is 26.4 Å². The standard InChI is InChI=1S/C12H15NO7S3.Na.H/c1-8(23(18,19)20)13-11(14)6-7-22(16,17)12(15)9-4-2-3-5-10(9)21;;/h2-5,8,21H,6-7H2,1H3,(H,13,14)(H,18,19,20);;. The molecular weight excluding hydrogens is 389 g/mol. The molecule has 0 saturated heterocycles. The first-order valence-electron chi connectivity index (χ1n) is 6.26. The Labute approximate surface area is 167 Å². The SMILES string of the molecule is CC(NC(=O)CCS(=O)(=O)C(=O)c1ccccc1S)S(=O)(=O)O.[NaH]. The van der Waals surface area contributed by atoms with Gasteiger partial charge in [-0.2, -0.15) is 8.42 Å². The van der Waals surface area contributed by atoms with Gasteiger partial charge in [-0.15, -0.1) is 12.6 Å². The van der Waals surface area contributed by atoms with E-state index < -0.39 is 48.5 Å². The molecule has 0 fully saturated rings. The van der Waals surface area contributed by atoms with Gasteiger partial charge in [0.1, 0.15) is 0 Å². The van der Waals surface area contributed by atoms with E-state index in [1.807, 2.05) is 5.32 Å². The molecule has 1 atom stereocenters. The molecule has 0 radical (unpaired) electrons. The molecule has 0 aliphatic rings. The second-order valence-electron chi connectivity index (χ2n) is 4.60. The van der Waals surface area contributed by atoms with Crippen molar-refractivity contribution in [2.75, 3.05) is 5.75 Å². The summed E-state index contributed by atoms with van der Waals surface area (Å²) in [6.45, 7) is 1.02. The van der Waals surface area contributed by atoms with Crippen molar-refractivity contribution in [1.29, 1.82) is 0 Å². The molecule has 1 rings (SSSR count). The third kappa shape index (κ3) is 6.82. The summed E-state index contributed by atoms with van der Waals surface area (Å²) in [5, 5.41) is -0.830. The monoisotopic (exact) mass is 405 g/mol. The summed E-state index contributed by atoms with van der Waals surface area (Å²) in [5.41, 5.74) is -0.109. The van der Waals surface area contributed by atoms with Crippen LogP contribution in [0.25, 0.3) is 0 Å². The fraction of sp³-hybridized carbons (Fsp3) is 0.333. The molecule has 1 amide bonds. The summed E-state index contributed by atoms with van der Waals surface area (Å²) in [6, 6.07) is 5.80. The van der Waals surface area contributed by atoms with Crippen LogP contribution in [0.3, 0.4) is 0 Å². The molecule has 0 heterocycles. The number of amides is 1. The van der Waals surface area contributed by atoms with Crippen LogP contribution in [0.15, 0.2) is 29.2 Å². The minimum absolute atomic E-state index is 0. The van der Waals surface area contributed by atoms with E-state index >= 15 is 0 Å². The molecule has 24 heavy (non-hydrogen) atoms. The molecule has 1 aromatic carbocycles. The Morgan fingerprint density at radius 3 is 2.25 bits per heavy atom. The van der Waals surface area contributed by atoms with E-state index in [1.165, 1.54) is 18.2 Å². The molecule has 1 aromatic rings. The number of hydrogen-bond acceptors (Lipinski definition) is 7. The van der Waals surface area contributed by atoms with Gasteiger partial charge in [0.05, 0.1) is 5.75 Å². The molecule has 0 spiro atoms. The summed E-state index contributed by atoms with van der Waals surface area (Å²) in [7, 11) is -8.74. The summed E-state index contributed by atoms with van der Waals surface area (Å²) < 4.78 is 54.1. The van der Waals surface area contributed by atoms with Crippen molar-refractivity contribution in [3.05, 3.63) is 29.8 Å². The molecule has 0 aromatic heterocycles. The number of hydrogen-bond donors (Lipinski definition) is 3. The molecule has 0 aliphatic heterocycles.